The molecule has 0 spiro atoms. The Labute approximate surface area is 181 Å². The second kappa shape index (κ2) is 12.5. The Kier molecular flexibility index (Phi) is 10.8. The Hall–Kier alpha value is -1.91. The second-order valence-electron chi connectivity index (χ2n) is 6.11. The van der Waals surface area contributed by atoms with Crippen molar-refractivity contribution in [3.63, 3.8) is 0 Å². The van der Waals surface area contributed by atoms with Crippen molar-refractivity contribution in [1.29, 1.82) is 0 Å². The molecule has 2 N–H and O–H groups in total. The smallest absolute Gasteiger partial charge is 0.191 e. The van der Waals surface area contributed by atoms with Crippen molar-refractivity contribution in [2.24, 2.45) is 4.99 Å². The van der Waals surface area contributed by atoms with E-state index in [-0.39, 0.29) is 36.3 Å². The van der Waals surface area contributed by atoms with Gasteiger partial charge in [0.15, 0.2) is 17.5 Å². The van der Waals surface area contributed by atoms with E-state index in [1.165, 1.54) is 12.1 Å². The largest absolute Gasteiger partial charge is 0.489 e. The Morgan fingerprint density at radius 3 is 2.64 bits per heavy atom. The van der Waals surface area contributed by atoms with Crippen LogP contribution in [-0.2, 0) is 6.54 Å². The van der Waals surface area contributed by atoms with Gasteiger partial charge >= 0.3 is 0 Å². The number of ether oxygens (including phenoxy) is 1. The van der Waals surface area contributed by atoms with E-state index in [9.17, 15) is 8.78 Å². The monoisotopic (exact) mass is 507 g/mol. The first-order chi connectivity index (χ1) is 13.0. The van der Waals surface area contributed by atoms with Crippen LogP contribution in [0.5, 0.6) is 5.75 Å². The molecule has 9 heteroatoms. The molecule has 0 saturated heterocycles. The van der Waals surface area contributed by atoms with E-state index < -0.39 is 11.6 Å². The van der Waals surface area contributed by atoms with E-state index >= 15 is 0 Å². The van der Waals surface area contributed by atoms with Crippen LogP contribution >= 0.6 is 24.0 Å². The summed E-state index contributed by atoms with van der Waals surface area (Å²) in [5, 5.41) is 10.7. The van der Waals surface area contributed by atoms with Crippen LogP contribution in [0.2, 0.25) is 0 Å². The first-order valence-electron chi connectivity index (χ1n) is 9.10. The SMILES string of the molecule is CCNC(=NCCCn1nc(C)cc1C)NCCOc1ccc(F)cc1F.I. The molecular formula is C19H28F2IN5O. The molecule has 0 saturated carbocycles. The Balaban J connectivity index is 0.00000392. The zero-order valence-corrected chi connectivity index (χ0v) is 18.8. The molecule has 0 bridgehead atoms. The normalized spacial score (nSPS) is 11.1. The summed E-state index contributed by atoms with van der Waals surface area (Å²) in [5.74, 6) is -0.626. The van der Waals surface area contributed by atoms with E-state index in [4.69, 9.17) is 4.74 Å². The molecule has 0 radical (unpaired) electrons. The van der Waals surface area contributed by atoms with Gasteiger partial charge in [0.25, 0.3) is 0 Å². The molecule has 1 heterocycles. The molecule has 0 unspecified atom stereocenters. The van der Waals surface area contributed by atoms with Crippen LogP contribution in [0.3, 0.4) is 0 Å². The number of nitrogens with one attached hydrogen (secondary N) is 2. The van der Waals surface area contributed by atoms with Crippen molar-refractivity contribution in [3.8, 4) is 5.75 Å². The van der Waals surface area contributed by atoms with Gasteiger partial charge in [-0.05, 0) is 45.4 Å². The molecule has 156 valence electrons. The summed E-state index contributed by atoms with van der Waals surface area (Å²) >= 11 is 0. The number of hydrogen-bond acceptors (Lipinski definition) is 3. The fourth-order valence-corrected chi connectivity index (χ4v) is 2.58. The van der Waals surface area contributed by atoms with Crippen molar-refractivity contribution in [3.05, 3.63) is 47.3 Å². The zero-order valence-electron chi connectivity index (χ0n) is 16.5. The summed E-state index contributed by atoms with van der Waals surface area (Å²) in [6.07, 6.45) is 0.871. The van der Waals surface area contributed by atoms with Crippen LogP contribution in [0.4, 0.5) is 8.78 Å². The lowest BCUT2D eigenvalue weighted by Crippen LogP contribution is -2.39. The highest BCUT2D eigenvalue weighted by Crippen LogP contribution is 2.17. The maximum atomic E-state index is 13.5. The highest BCUT2D eigenvalue weighted by molar-refractivity contribution is 14.0. The van der Waals surface area contributed by atoms with Gasteiger partial charge in [0.1, 0.15) is 12.4 Å². The van der Waals surface area contributed by atoms with Crippen molar-refractivity contribution in [1.82, 2.24) is 20.4 Å². The number of benzene rings is 1. The van der Waals surface area contributed by atoms with Gasteiger partial charge in [-0.15, -0.1) is 24.0 Å². The maximum Gasteiger partial charge on any atom is 0.191 e. The van der Waals surface area contributed by atoms with Gasteiger partial charge in [-0.2, -0.15) is 5.10 Å². The van der Waals surface area contributed by atoms with Gasteiger partial charge in [0, 0.05) is 31.4 Å². The maximum absolute atomic E-state index is 13.5. The van der Waals surface area contributed by atoms with E-state index in [2.05, 4.69) is 26.8 Å². The number of guanidine groups is 1. The Morgan fingerprint density at radius 2 is 2.00 bits per heavy atom. The van der Waals surface area contributed by atoms with Crippen molar-refractivity contribution in [2.75, 3.05) is 26.2 Å². The third-order valence-electron chi connectivity index (χ3n) is 3.79. The topological polar surface area (TPSA) is 63.5 Å². The first-order valence-corrected chi connectivity index (χ1v) is 9.10. The average molecular weight is 507 g/mol. The summed E-state index contributed by atoms with van der Waals surface area (Å²) in [6.45, 7) is 8.89. The van der Waals surface area contributed by atoms with Crippen LogP contribution in [0.1, 0.15) is 24.7 Å². The number of aryl methyl sites for hydroxylation is 3. The summed E-state index contributed by atoms with van der Waals surface area (Å²) < 4.78 is 33.7. The van der Waals surface area contributed by atoms with Gasteiger partial charge in [-0.1, -0.05) is 0 Å². The fraction of sp³-hybridized carbons (Fsp3) is 0.474. The molecule has 0 amide bonds. The minimum Gasteiger partial charge on any atom is -0.489 e. The number of aromatic nitrogens is 2. The second-order valence-corrected chi connectivity index (χ2v) is 6.11. The number of aliphatic imine (C=N–C) groups is 1. The molecule has 0 atom stereocenters. The molecule has 1 aromatic carbocycles. The molecule has 28 heavy (non-hydrogen) atoms. The lowest BCUT2D eigenvalue weighted by molar-refractivity contribution is 0.304. The van der Waals surface area contributed by atoms with Gasteiger partial charge < -0.3 is 15.4 Å². The highest BCUT2D eigenvalue weighted by Gasteiger charge is 2.05. The van der Waals surface area contributed by atoms with E-state index in [0.29, 0.717) is 19.0 Å². The Bertz CT molecular complexity index is 767. The third-order valence-corrected chi connectivity index (χ3v) is 3.79. The summed E-state index contributed by atoms with van der Waals surface area (Å²) in [7, 11) is 0. The van der Waals surface area contributed by atoms with Crippen molar-refractivity contribution >= 4 is 29.9 Å². The molecule has 2 rings (SSSR count). The average Bonchev–Trinajstić information content (AvgIpc) is 2.94. The lowest BCUT2D eigenvalue weighted by Gasteiger charge is -2.12. The van der Waals surface area contributed by atoms with Gasteiger partial charge in [0.2, 0.25) is 0 Å². The molecule has 0 fully saturated rings. The Morgan fingerprint density at radius 1 is 1.21 bits per heavy atom. The van der Waals surface area contributed by atoms with Crippen LogP contribution in [0.25, 0.3) is 0 Å². The molecular weight excluding hydrogens is 479 g/mol. The molecule has 0 aliphatic carbocycles. The third kappa shape index (κ3) is 7.99. The van der Waals surface area contributed by atoms with Crippen LogP contribution in [0, 0.1) is 25.5 Å². The number of nitrogens with zero attached hydrogens (tertiary/aromatic N) is 3. The zero-order chi connectivity index (χ0) is 19.6. The number of hydrogen-bond donors (Lipinski definition) is 2. The number of rotatable bonds is 9. The van der Waals surface area contributed by atoms with Gasteiger partial charge in [0.05, 0.1) is 12.2 Å². The minimum atomic E-state index is -0.709. The van der Waals surface area contributed by atoms with Crippen molar-refractivity contribution < 1.29 is 13.5 Å². The molecule has 6 nitrogen and oxygen atoms in total. The van der Waals surface area contributed by atoms with Crippen LogP contribution in [0.15, 0.2) is 29.3 Å². The lowest BCUT2D eigenvalue weighted by atomic mass is 10.3. The van der Waals surface area contributed by atoms with Gasteiger partial charge in [-0.25, -0.2) is 8.78 Å². The predicted molar refractivity (Wildman–Crippen MR) is 118 cm³/mol. The fourth-order valence-electron chi connectivity index (χ4n) is 2.58. The van der Waals surface area contributed by atoms with Crippen LogP contribution < -0.4 is 15.4 Å². The number of halogens is 3. The molecule has 1 aromatic heterocycles. The van der Waals surface area contributed by atoms with E-state index in [0.717, 1.165) is 37.0 Å². The van der Waals surface area contributed by atoms with Crippen molar-refractivity contribution in [2.45, 2.75) is 33.7 Å². The molecule has 0 aliphatic heterocycles. The minimum absolute atomic E-state index is 0. The molecule has 0 aliphatic rings. The predicted octanol–water partition coefficient (Wildman–Crippen LogP) is 3.42. The van der Waals surface area contributed by atoms with E-state index in [1.807, 2.05) is 25.5 Å². The highest BCUT2D eigenvalue weighted by atomic mass is 127. The molecule has 2 aromatic rings. The first kappa shape index (κ1) is 24.1. The standard InChI is InChI=1S/C19H27F2N5O.HI/c1-4-22-19(23-8-5-10-26-15(3)12-14(2)25-26)24-9-11-27-18-7-6-16(20)13-17(18)21;/h6-7,12-13H,4-5,8-11H2,1-3H3,(H2,22,23,24);1H. The summed E-state index contributed by atoms with van der Waals surface area (Å²) in [6, 6.07) is 5.30. The summed E-state index contributed by atoms with van der Waals surface area (Å²) in [4.78, 5) is 4.51. The van der Waals surface area contributed by atoms with E-state index in [1.54, 1.807) is 0 Å². The quantitative estimate of drug-likeness (QED) is 0.237. The van der Waals surface area contributed by atoms with Gasteiger partial charge in [-0.3, -0.25) is 9.67 Å². The summed E-state index contributed by atoms with van der Waals surface area (Å²) in [5.41, 5.74) is 2.16. The van der Waals surface area contributed by atoms with Crippen LogP contribution in [-0.4, -0.2) is 42.0 Å².